The van der Waals surface area contributed by atoms with Crippen LogP contribution < -0.4 is 10.3 Å². The van der Waals surface area contributed by atoms with Crippen molar-refractivity contribution in [1.82, 2.24) is 14.3 Å². The highest BCUT2D eigenvalue weighted by atomic mass is 35.5. The van der Waals surface area contributed by atoms with Crippen LogP contribution in [-0.4, -0.2) is 40.9 Å². The van der Waals surface area contributed by atoms with Crippen LogP contribution >= 0.6 is 11.6 Å². The van der Waals surface area contributed by atoms with Crippen LogP contribution in [0.4, 0.5) is 4.39 Å². The number of aromatic nitrogens is 2. The van der Waals surface area contributed by atoms with Gasteiger partial charge in [0.25, 0.3) is 11.5 Å². The molecule has 2 aromatic carbocycles. The lowest BCUT2D eigenvalue weighted by atomic mass is 10.0. The summed E-state index contributed by atoms with van der Waals surface area (Å²) in [6.45, 7) is -0.216. The number of nitrogens with zero attached hydrogens (tertiary/aromatic N) is 1. The van der Waals surface area contributed by atoms with E-state index in [1.54, 1.807) is 24.3 Å². The third-order valence-electron chi connectivity index (χ3n) is 5.28. The highest BCUT2D eigenvalue weighted by Crippen LogP contribution is 2.36. The minimum atomic E-state index is -3.98. The van der Waals surface area contributed by atoms with Crippen molar-refractivity contribution in [3.63, 3.8) is 0 Å². The Labute approximate surface area is 208 Å². The third kappa shape index (κ3) is 5.13. The lowest BCUT2D eigenvalue weighted by Crippen LogP contribution is -2.32. The standard InChI is InChI=1S/C23H19ClFN3O5S2/c1-34(31)15-6-7-18(25)13(10-15)12-28-19-8-5-14(24)11-17(19)20(16-4-3-9-26-22(16)29)21(28)23(30)27-35(2,32)33/h3-11H,12H2,1-2H3,(H,26,29)(H,27,30). The molecular formula is C23H19ClFN3O5S2. The van der Waals surface area contributed by atoms with Gasteiger partial charge in [0, 0.05) is 44.9 Å². The number of fused-ring (bicyclic) bond motifs is 1. The monoisotopic (exact) mass is 535 g/mol. The number of hydrogen-bond donors (Lipinski definition) is 2. The number of H-pyrrole nitrogens is 1. The number of carbonyl (C=O) groups excluding carboxylic acids is 1. The van der Waals surface area contributed by atoms with Crippen LogP contribution in [0.25, 0.3) is 22.0 Å². The number of benzene rings is 2. The fourth-order valence-electron chi connectivity index (χ4n) is 3.86. The first-order chi connectivity index (χ1) is 16.5. The van der Waals surface area contributed by atoms with Gasteiger partial charge in [0.05, 0.1) is 12.8 Å². The topological polar surface area (TPSA) is 124 Å². The molecule has 0 aliphatic rings. The van der Waals surface area contributed by atoms with Crippen LogP contribution in [0.3, 0.4) is 0 Å². The van der Waals surface area contributed by atoms with Crippen LogP contribution in [0.5, 0.6) is 0 Å². The summed E-state index contributed by atoms with van der Waals surface area (Å²) < 4.78 is 53.9. The second-order valence-electron chi connectivity index (χ2n) is 7.79. The molecule has 0 saturated heterocycles. The van der Waals surface area contributed by atoms with Crippen LogP contribution in [-0.2, 0) is 27.7 Å². The predicted molar refractivity (Wildman–Crippen MR) is 133 cm³/mol. The fourth-order valence-corrected chi connectivity index (χ4v) is 5.03. The molecule has 1 amide bonds. The number of nitrogens with one attached hydrogen (secondary N) is 2. The summed E-state index contributed by atoms with van der Waals surface area (Å²) in [6, 6.07) is 11.7. The average molecular weight is 536 g/mol. The lowest BCUT2D eigenvalue weighted by molar-refractivity contribution is 0.0974. The van der Waals surface area contributed by atoms with Gasteiger partial charge in [-0.15, -0.1) is 0 Å². The quantitative estimate of drug-likeness (QED) is 0.367. The van der Waals surface area contributed by atoms with E-state index >= 15 is 0 Å². The Morgan fingerprint density at radius 1 is 1.23 bits per heavy atom. The molecule has 1 atom stereocenters. The van der Waals surface area contributed by atoms with Crippen LogP contribution in [0, 0.1) is 5.82 Å². The molecule has 0 saturated carbocycles. The second kappa shape index (κ2) is 9.50. The Bertz CT molecular complexity index is 1630. The van der Waals surface area contributed by atoms with Crippen molar-refractivity contribution < 1.29 is 22.2 Å². The minimum absolute atomic E-state index is 0.0982. The lowest BCUT2D eigenvalue weighted by Gasteiger charge is -2.14. The largest absolute Gasteiger partial charge is 0.612 e. The second-order valence-corrected chi connectivity index (χ2v) is 11.4. The summed E-state index contributed by atoms with van der Waals surface area (Å²) >= 11 is 4.83. The smallest absolute Gasteiger partial charge is 0.282 e. The molecule has 0 aliphatic heterocycles. The van der Waals surface area contributed by atoms with Crippen molar-refractivity contribution in [2.75, 3.05) is 12.5 Å². The van der Waals surface area contributed by atoms with Crippen molar-refractivity contribution in [2.45, 2.75) is 11.4 Å². The number of hydrogen-bond acceptors (Lipinski definition) is 5. The molecule has 0 bridgehead atoms. The first kappa shape index (κ1) is 25.0. The van der Waals surface area contributed by atoms with E-state index < -0.39 is 38.5 Å². The van der Waals surface area contributed by atoms with Crippen LogP contribution in [0.1, 0.15) is 16.1 Å². The van der Waals surface area contributed by atoms with Crippen molar-refractivity contribution in [3.05, 3.63) is 87.2 Å². The number of amides is 1. The van der Waals surface area contributed by atoms with E-state index in [1.165, 1.54) is 41.3 Å². The molecule has 35 heavy (non-hydrogen) atoms. The maximum atomic E-state index is 14.8. The molecule has 2 aromatic heterocycles. The zero-order chi connectivity index (χ0) is 25.5. The zero-order valence-electron chi connectivity index (χ0n) is 18.5. The molecule has 182 valence electrons. The maximum Gasteiger partial charge on any atom is 0.282 e. The van der Waals surface area contributed by atoms with Gasteiger partial charge in [0.2, 0.25) is 10.0 Å². The number of pyridine rings is 1. The normalized spacial score (nSPS) is 12.6. The molecule has 2 N–H and O–H groups in total. The first-order valence-electron chi connectivity index (χ1n) is 10.1. The predicted octanol–water partition coefficient (Wildman–Crippen LogP) is 3.26. The molecule has 4 aromatic rings. The van der Waals surface area contributed by atoms with Crippen molar-refractivity contribution in [3.8, 4) is 11.1 Å². The summed E-state index contributed by atoms with van der Waals surface area (Å²) in [4.78, 5) is 28.9. The first-order valence-corrected chi connectivity index (χ1v) is 13.9. The SMILES string of the molecule is C[S+]([O-])c1ccc(F)c(Cn2c(C(=O)NS(C)(=O)=O)c(-c3ccc[nH]c3=O)c3cc(Cl)ccc32)c1. The van der Waals surface area contributed by atoms with Gasteiger partial charge in [-0.1, -0.05) is 11.6 Å². The van der Waals surface area contributed by atoms with Crippen LogP contribution in [0.2, 0.25) is 5.02 Å². The number of rotatable bonds is 6. The van der Waals surface area contributed by atoms with Gasteiger partial charge in [0.15, 0.2) is 4.90 Å². The molecule has 0 fully saturated rings. The molecule has 0 spiro atoms. The van der Waals surface area contributed by atoms with E-state index in [-0.39, 0.29) is 28.9 Å². The van der Waals surface area contributed by atoms with E-state index in [1.807, 2.05) is 4.72 Å². The summed E-state index contributed by atoms with van der Waals surface area (Å²) in [5.74, 6) is -1.61. The van der Waals surface area contributed by atoms with Gasteiger partial charge >= 0.3 is 0 Å². The van der Waals surface area contributed by atoms with E-state index in [2.05, 4.69) is 4.98 Å². The summed E-state index contributed by atoms with van der Waals surface area (Å²) in [5, 5.41) is 0.705. The number of sulfonamides is 1. The Morgan fingerprint density at radius 2 is 1.97 bits per heavy atom. The highest BCUT2D eigenvalue weighted by Gasteiger charge is 2.28. The van der Waals surface area contributed by atoms with E-state index in [0.29, 0.717) is 20.8 Å². The van der Waals surface area contributed by atoms with Crippen molar-refractivity contribution in [1.29, 1.82) is 0 Å². The number of aromatic amines is 1. The fraction of sp³-hybridized carbons (Fsp3) is 0.130. The highest BCUT2D eigenvalue weighted by molar-refractivity contribution is 7.90. The van der Waals surface area contributed by atoms with E-state index in [9.17, 15) is 27.0 Å². The summed E-state index contributed by atoms with van der Waals surface area (Å²) in [7, 11) is -3.98. The molecular weight excluding hydrogens is 517 g/mol. The Morgan fingerprint density at radius 3 is 2.63 bits per heavy atom. The average Bonchev–Trinajstić information content (AvgIpc) is 3.07. The molecule has 2 heterocycles. The molecule has 12 heteroatoms. The van der Waals surface area contributed by atoms with Gasteiger partial charge in [-0.05, 0) is 53.6 Å². The van der Waals surface area contributed by atoms with Crippen molar-refractivity contribution in [2.24, 2.45) is 0 Å². The Hall–Kier alpha value is -3.12. The van der Waals surface area contributed by atoms with E-state index in [0.717, 1.165) is 6.26 Å². The van der Waals surface area contributed by atoms with Gasteiger partial charge < -0.3 is 14.1 Å². The molecule has 0 radical (unpaired) electrons. The van der Waals surface area contributed by atoms with Crippen molar-refractivity contribution >= 4 is 49.6 Å². The Balaban J connectivity index is 2.08. The summed E-state index contributed by atoms with van der Waals surface area (Å²) in [5.41, 5.74) is 0.0729. The molecule has 4 rings (SSSR count). The molecule has 8 nitrogen and oxygen atoms in total. The van der Waals surface area contributed by atoms with Gasteiger partial charge in [-0.25, -0.2) is 17.5 Å². The van der Waals surface area contributed by atoms with E-state index in [4.69, 9.17) is 11.6 Å². The Kier molecular flexibility index (Phi) is 6.78. The minimum Gasteiger partial charge on any atom is -0.612 e. The van der Waals surface area contributed by atoms with Gasteiger partial charge in [0.1, 0.15) is 17.8 Å². The van der Waals surface area contributed by atoms with Gasteiger partial charge in [-0.3, -0.25) is 9.59 Å². The maximum absolute atomic E-state index is 14.8. The summed E-state index contributed by atoms with van der Waals surface area (Å²) in [6.07, 6.45) is 3.69. The molecule has 0 aliphatic carbocycles. The zero-order valence-corrected chi connectivity index (χ0v) is 20.9. The third-order valence-corrected chi connectivity index (χ3v) is 6.99. The number of carbonyl (C=O) groups is 1. The number of halogens is 2. The molecule has 1 unspecified atom stereocenters. The van der Waals surface area contributed by atoms with Gasteiger partial charge in [-0.2, -0.15) is 0 Å². The van der Waals surface area contributed by atoms with Crippen LogP contribution in [0.15, 0.2) is 64.4 Å².